The van der Waals surface area contributed by atoms with Crippen LogP contribution in [0.2, 0.25) is 0 Å². The normalized spacial score (nSPS) is 13.7. The lowest BCUT2D eigenvalue weighted by Crippen LogP contribution is -2.30. The van der Waals surface area contributed by atoms with E-state index in [1.54, 1.807) is 0 Å². The molecule has 0 aromatic carbocycles. The van der Waals surface area contributed by atoms with Gasteiger partial charge in [0.1, 0.15) is 5.82 Å². The monoisotopic (exact) mass is 393 g/mol. The van der Waals surface area contributed by atoms with Crippen molar-refractivity contribution in [3.63, 3.8) is 0 Å². The molecule has 1 atom stereocenters. The number of rotatable bonds is 10. The first kappa shape index (κ1) is 20.7. The summed E-state index contributed by atoms with van der Waals surface area (Å²) in [7, 11) is 0. The standard InChI is InChI=1S/C23H31N5O/c1-16-8-9-20(15-26-16)22(14-17(2)29)27-18(3)24-12-5-7-21-11-10-19-6-4-13-25-23(19)28-21/h8-11,15,22,24,27,29H,2-7,12-14H2,1H3,(H,25,28). The van der Waals surface area contributed by atoms with Crippen molar-refractivity contribution in [2.24, 2.45) is 0 Å². The maximum atomic E-state index is 9.66. The van der Waals surface area contributed by atoms with Crippen LogP contribution in [-0.4, -0.2) is 28.2 Å². The van der Waals surface area contributed by atoms with Gasteiger partial charge in [-0.1, -0.05) is 25.3 Å². The van der Waals surface area contributed by atoms with E-state index in [4.69, 9.17) is 4.98 Å². The number of hydrogen-bond donors (Lipinski definition) is 4. The lowest BCUT2D eigenvalue weighted by molar-refractivity contribution is 0.365. The SMILES string of the molecule is C=C(O)CC(NC(=C)NCCCc1ccc2c(n1)NCCC2)c1ccc(C)nc1. The molecular formula is C23H31N5O. The Labute approximate surface area is 173 Å². The van der Waals surface area contributed by atoms with Gasteiger partial charge in [0.05, 0.1) is 17.6 Å². The van der Waals surface area contributed by atoms with Gasteiger partial charge in [0.15, 0.2) is 0 Å². The van der Waals surface area contributed by atoms with E-state index in [1.165, 1.54) is 12.0 Å². The molecule has 3 heterocycles. The molecule has 29 heavy (non-hydrogen) atoms. The molecule has 2 aromatic rings. The van der Waals surface area contributed by atoms with Crippen LogP contribution in [0.25, 0.3) is 0 Å². The van der Waals surface area contributed by atoms with E-state index < -0.39 is 0 Å². The zero-order valence-corrected chi connectivity index (χ0v) is 17.2. The second-order valence-electron chi connectivity index (χ2n) is 7.55. The number of aryl methyl sites for hydroxylation is 3. The predicted molar refractivity (Wildman–Crippen MR) is 118 cm³/mol. The Balaban J connectivity index is 1.46. The summed E-state index contributed by atoms with van der Waals surface area (Å²) in [6, 6.07) is 8.16. The molecule has 6 heteroatoms. The Hall–Kier alpha value is -3.02. The second-order valence-corrected chi connectivity index (χ2v) is 7.55. The summed E-state index contributed by atoms with van der Waals surface area (Å²) in [5.74, 6) is 1.89. The van der Waals surface area contributed by atoms with Gasteiger partial charge in [-0.25, -0.2) is 4.98 Å². The fourth-order valence-electron chi connectivity index (χ4n) is 3.45. The van der Waals surface area contributed by atoms with E-state index in [2.05, 4.69) is 46.2 Å². The highest BCUT2D eigenvalue weighted by atomic mass is 16.3. The largest absolute Gasteiger partial charge is 0.513 e. The Morgan fingerprint density at radius 3 is 2.90 bits per heavy atom. The minimum Gasteiger partial charge on any atom is -0.513 e. The Bertz CT molecular complexity index is 847. The topological polar surface area (TPSA) is 82.1 Å². The maximum Gasteiger partial charge on any atom is 0.129 e. The van der Waals surface area contributed by atoms with Gasteiger partial charge in [-0.2, -0.15) is 0 Å². The molecule has 0 saturated carbocycles. The highest BCUT2D eigenvalue weighted by Gasteiger charge is 2.14. The van der Waals surface area contributed by atoms with Crippen LogP contribution in [0.3, 0.4) is 0 Å². The molecule has 4 N–H and O–H groups in total. The molecule has 0 saturated heterocycles. The van der Waals surface area contributed by atoms with Crippen molar-refractivity contribution < 1.29 is 5.11 Å². The number of nitrogens with zero attached hydrogens (tertiary/aromatic N) is 2. The van der Waals surface area contributed by atoms with Crippen molar-refractivity contribution >= 4 is 5.82 Å². The van der Waals surface area contributed by atoms with Crippen LogP contribution >= 0.6 is 0 Å². The lowest BCUT2D eigenvalue weighted by atomic mass is 10.0. The number of fused-ring (bicyclic) bond motifs is 1. The van der Waals surface area contributed by atoms with Crippen LogP contribution in [0.1, 0.15) is 47.8 Å². The highest BCUT2D eigenvalue weighted by Crippen LogP contribution is 2.21. The third-order valence-electron chi connectivity index (χ3n) is 5.02. The van der Waals surface area contributed by atoms with Crippen LogP contribution in [0.4, 0.5) is 5.82 Å². The lowest BCUT2D eigenvalue weighted by Gasteiger charge is -2.22. The zero-order valence-electron chi connectivity index (χ0n) is 17.2. The minimum atomic E-state index is -0.131. The van der Waals surface area contributed by atoms with Crippen molar-refractivity contribution in [2.45, 2.75) is 45.1 Å². The van der Waals surface area contributed by atoms with E-state index in [-0.39, 0.29) is 11.8 Å². The molecule has 1 aliphatic rings. The van der Waals surface area contributed by atoms with E-state index in [0.29, 0.717) is 6.42 Å². The number of aliphatic hydroxyl groups excluding tert-OH is 1. The van der Waals surface area contributed by atoms with Gasteiger partial charge in [-0.15, -0.1) is 0 Å². The van der Waals surface area contributed by atoms with Gasteiger partial charge >= 0.3 is 0 Å². The van der Waals surface area contributed by atoms with Crippen molar-refractivity contribution in [1.29, 1.82) is 0 Å². The summed E-state index contributed by atoms with van der Waals surface area (Å²) < 4.78 is 0. The third kappa shape index (κ3) is 6.24. The molecule has 1 aliphatic heterocycles. The fraction of sp³-hybridized carbons (Fsp3) is 0.391. The van der Waals surface area contributed by atoms with Crippen molar-refractivity contribution in [1.82, 2.24) is 20.6 Å². The van der Waals surface area contributed by atoms with Gasteiger partial charge in [0, 0.05) is 37.1 Å². The summed E-state index contributed by atoms with van der Waals surface area (Å²) in [5, 5.41) is 19.7. The summed E-state index contributed by atoms with van der Waals surface area (Å²) in [6.45, 7) is 11.4. The summed E-state index contributed by atoms with van der Waals surface area (Å²) in [4.78, 5) is 9.08. The number of nitrogens with one attached hydrogen (secondary N) is 3. The zero-order chi connectivity index (χ0) is 20.6. The third-order valence-corrected chi connectivity index (χ3v) is 5.02. The van der Waals surface area contributed by atoms with Crippen molar-refractivity contribution in [3.05, 3.63) is 77.7 Å². The number of pyridine rings is 2. The number of anilines is 1. The van der Waals surface area contributed by atoms with Gasteiger partial charge in [0.25, 0.3) is 0 Å². The summed E-state index contributed by atoms with van der Waals surface area (Å²) in [6.07, 6.45) is 6.37. The molecule has 1 unspecified atom stereocenters. The van der Waals surface area contributed by atoms with Crippen molar-refractivity contribution in [3.8, 4) is 0 Å². The first-order valence-electron chi connectivity index (χ1n) is 10.2. The smallest absolute Gasteiger partial charge is 0.129 e. The average molecular weight is 394 g/mol. The Kier molecular flexibility index (Phi) is 7.11. The second kappa shape index (κ2) is 9.96. The summed E-state index contributed by atoms with van der Waals surface area (Å²) >= 11 is 0. The molecule has 0 fully saturated rings. The molecule has 0 spiro atoms. The minimum absolute atomic E-state index is 0.128. The molecule has 0 bridgehead atoms. The van der Waals surface area contributed by atoms with Gasteiger partial charge in [-0.05, 0) is 55.9 Å². The first-order chi connectivity index (χ1) is 14.0. The number of aromatic nitrogens is 2. The predicted octanol–water partition coefficient (Wildman–Crippen LogP) is 3.93. The Morgan fingerprint density at radius 1 is 1.28 bits per heavy atom. The molecule has 0 radical (unpaired) electrons. The number of aliphatic hydroxyl groups is 1. The maximum absolute atomic E-state index is 9.66. The van der Waals surface area contributed by atoms with Crippen LogP contribution < -0.4 is 16.0 Å². The van der Waals surface area contributed by atoms with E-state index >= 15 is 0 Å². The molecule has 154 valence electrons. The first-order valence-corrected chi connectivity index (χ1v) is 10.2. The van der Waals surface area contributed by atoms with Crippen LogP contribution in [0.15, 0.2) is 55.2 Å². The van der Waals surface area contributed by atoms with Gasteiger partial charge in [0.2, 0.25) is 0 Å². The van der Waals surface area contributed by atoms with E-state index in [0.717, 1.165) is 60.9 Å². The average Bonchev–Trinajstić information content (AvgIpc) is 2.71. The van der Waals surface area contributed by atoms with Gasteiger partial charge < -0.3 is 21.1 Å². The highest BCUT2D eigenvalue weighted by molar-refractivity contribution is 5.47. The molecule has 2 aromatic heterocycles. The van der Waals surface area contributed by atoms with Gasteiger partial charge in [-0.3, -0.25) is 4.98 Å². The molecule has 6 nitrogen and oxygen atoms in total. The molecule has 0 amide bonds. The van der Waals surface area contributed by atoms with Crippen LogP contribution in [-0.2, 0) is 12.8 Å². The van der Waals surface area contributed by atoms with Crippen molar-refractivity contribution in [2.75, 3.05) is 18.4 Å². The summed E-state index contributed by atoms with van der Waals surface area (Å²) in [5.41, 5.74) is 4.37. The quantitative estimate of drug-likeness (QED) is 0.362. The Morgan fingerprint density at radius 2 is 2.14 bits per heavy atom. The molecule has 0 aliphatic carbocycles. The van der Waals surface area contributed by atoms with Crippen LogP contribution in [0, 0.1) is 6.92 Å². The van der Waals surface area contributed by atoms with E-state index in [1.807, 2.05) is 25.3 Å². The molecular weight excluding hydrogens is 362 g/mol. The molecule has 3 rings (SSSR count). The van der Waals surface area contributed by atoms with Crippen LogP contribution in [0.5, 0.6) is 0 Å². The van der Waals surface area contributed by atoms with E-state index in [9.17, 15) is 5.11 Å². The fourth-order valence-corrected chi connectivity index (χ4v) is 3.45. The number of hydrogen-bond acceptors (Lipinski definition) is 6.